The number of nitrogens with one attached hydrogen (secondary N) is 1. The lowest BCUT2D eigenvalue weighted by Gasteiger charge is -2.16. The number of hydrogen-bond donors (Lipinski definition) is 4. The van der Waals surface area contributed by atoms with Crippen LogP contribution < -0.4 is 10.9 Å². The number of aromatic hydroxyl groups is 2. The second-order valence-electron chi connectivity index (χ2n) is 6.57. The Bertz CT molecular complexity index is 914. The minimum absolute atomic E-state index is 0.0637. The second kappa shape index (κ2) is 7.47. The van der Waals surface area contributed by atoms with Crippen LogP contribution in [-0.4, -0.2) is 33.2 Å². The molecular formula is C18H21NO7. The maximum atomic E-state index is 12.2. The predicted octanol–water partition coefficient (Wildman–Crippen LogP) is 1.67. The van der Waals surface area contributed by atoms with Gasteiger partial charge in [0.2, 0.25) is 11.7 Å². The zero-order chi connectivity index (χ0) is 19.6. The summed E-state index contributed by atoms with van der Waals surface area (Å²) in [7, 11) is 0. The molecule has 1 heterocycles. The van der Waals surface area contributed by atoms with Gasteiger partial charge in [-0.2, -0.15) is 0 Å². The maximum absolute atomic E-state index is 12.2. The van der Waals surface area contributed by atoms with Crippen molar-refractivity contribution in [2.75, 3.05) is 0 Å². The minimum Gasteiger partial charge on any atom is -0.504 e. The largest absolute Gasteiger partial charge is 0.504 e. The molecule has 0 fully saturated rings. The summed E-state index contributed by atoms with van der Waals surface area (Å²) in [4.78, 5) is 35.7. The minimum atomic E-state index is -1.14. The van der Waals surface area contributed by atoms with Crippen LogP contribution in [0.1, 0.15) is 31.4 Å². The van der Waals surface area contributed by atoms with E-state index in [-0.39, 0.29) is 29.9 Å². The number of carboxylic acid groups (broad SMARTS) is 1. The normalized spacial score (nSPS) is 12.3. The third-order valence-corrected chi connectivity index (χ3v) is 4.09. The van der Waals surface area contributed by atoms with E-state index in [1.807, 2.05) is 13.8 Å². The fourth-order valence-electron chi connectivity index (χ4n) is 2.73. The van der Waals surface area contributed by atoms with Gasteiger partial charge in [0.15, 0.2) is 11.3 Å². The number of amides is 1. The van der Waals surface area contributed by atoms with Gasteiger partial charge >= 0.3 is 11.6 Å². The van der Waals surface area contributed by atoms with Crippen LogP contribution in [0.4, 0.5) is 0 Å². The van der Waals surface area contributed by atoms with Gasteiger partial charge in [-0.1, -0.05) is 13.8 Å². The third kappa shape index (κ3) is 3.96. The first kappa shape index (κ1) is 19.3. The fourth-order valence-corrected chi connectivity index (χ4v) is 2.73. The van der Waals surface area contributed by atoms with Gasteiger partial charge in [0.25, 0.3) is 0 Å². The van der Waals surface area contributed by atoms with Crippen molar-refractivity contribution in [2.45, 2.75) is 39.7 Å². The number of carboxylic acids is 1. The average Bonchev–Trinajstić information content (AvgIpc) is 2.54. The lowest BCUT2D eigenvalue weighted by Crippen LogP contribution is -2.42. The van der Waals surface area contributed by atoms with Crippen molar-refractivity contribution in [2.24, 2.45) is 5.92 Å². The van der Waals surface area contributed by atoms with Crippen molar-refractivity contribution in [1.29, 1.82) is 0 Å². The predicted molar refractivity (Wildman–Crippen MR) is 93.3 cm³/mol. The lowest BCUT2D eigenvalue weighted by molar-refractivity contribution is -0.142. The maximum Gasteiger partial charge on any atom is 0.340 e. The Balaban J connectivity index is 2.33. The highest BCUT2D eigenvalue weighted by Crippen LogP contribution is 2.34. The van der Waals surface area contributed by atoms with Crippen LogP contribution in [0.15, 0.2) is 21.3 Å². The lowest BCUT2D eigenvalue weighted by atomic mass is 10.0. The van der Waals surface area contributed by atoms with Gasteiger partial charge in [0.05, 0.1) is 12.0 Å². The highest BCUT2D eigenvalue weighted by Gasteiger charge is 2.23. The summed E-state index contributed by atoms with van der Waals surface area (Å²) in [6.45, 7) is 5.26. The molecule has 0 saturated carbocycles. The van der Waals surface area contributed by atoms with E-state index in [0.717, 1.165) is 0 Å². The zero-order valence-corrected chi connectivity index (χ0v) is 14.7. The number of rotatable bonds is 6. The number of hydrogen-bond acceptors (Lipinski definition) is 6. The first-order valence-corrected chi connectivity index (χ1v) is 8.11. The van der Waals surface area contributed by atoms with Crippen molar-refractivity contribution in [3.8, 4) is 11.5 Å². The molecule has 0 radical (unpaired) electrons. The third-order valence-electron chi connectivity index (χ3n) is 4.09. The summed E-state index contributed by atoms with van der Waals surface area (Å²) in [5, 5.41) is 31.3. The number of carbonyl (C=O) groups excluding carboxylic acids is 1. The van der Waals surface area contributed by atoms with Crippen LogP contribution in [0.3, 0.4) is 0 Å². The Morgan fingerprint density at radius 2 is 1.88 bits per heavy atom. The second-order valence-corrected chi connectivity index (χ2v) is 6.57. The highest BCUT2D eigenvalue weighted by atomic mass is 16.4. The Hall–Kier alpha value is -3.03. The average molecular weight is 363 g/mol. The van der Waals surface area contributed by atoms with Gasteiger partial charge in [-0.05, 0) is 37.0 Å². The van der Waals surface area contributed by atoms with Crippen molar-refractivity contribution >= 4 is 22.8 Å². The van der Waals surface area contributed by atoms with Gasteiger partial charge in [-0.25, -0.2) is 9.59 Å². The molecule has 1 unspecified atom stereocenters. The van der Waals surface area contributed by atoms with Crippen molar-refractivity contribution in [3.05, 3.63) is 33.7 Å². The van der Waals surface area contributed by atoms with E-state index in [1.54, 1.807) is 6.92 Å². The molecule has 0 bridgehead atoms. The molecule has 2 aromatic rings. The molecule has 0 aliphatic heterocycles. The van der Waals surface area contributed by atoms with Crippen molar-refractivity contribution < 1.29 is 29.3 Å². The summed E-state index contributed by atoms with van der Waals surface area (Å²) in [6, 6.07) is 1.66. The van der Waals surface area contributed by atoms with E-state index in [4.69, 9.17) is 4.42 Å². The molecule has 140 valence electrons. The SMILES string of the molecule is Cc1c(CC(=O)NC(CC(C)C)C(=O)O)c(=O)oc2c(O)c(O)ccc12. The number of fused-ring (bicyclic) bond motifs is 1. The molecule has 8 nitrogen and oxygen atoms in total. The van der Waals surface area contributed by atoms with Crippen LogP contribution in [0, 0.1) is 12.8 Å². The summed E-state index contributed by atoms with van der Waals surface area (Å²) in [5.74, 6) is -2.67. The molecule has 2 rings (SSSR count). The molecule has 4 N–H and O–H groups in total. The molecule has 0 saturated heterocycles. The van der Waals surface area contributed by atoms with Crippen molar-refractivity contribution in [1.82, 2.24) is 5.32 Å². The van der Waals surface area contributed by atoms with Crippen LogP contribution >= 0.6 is 0 Å². The van der Waals surface area contributed by atoms with E-state index >= 15 is 0 Å². The van der Waals surface area contributed by atoms with Crippen molar-refractivity contribution in [3.63, 3.8) is 0 Å². The first-order valence-electron chi connectivity index (χ1n) is 8.11. The van der Waals surface area contributed by atoms with Gasteiger partial charge in [0, 0.05) is 5.39 Å². The summed E-state index contributed by atoms with van der Waals surface area (Å²) in [6.07, 6.45) is -0.0901. The monoisotopic (exact) mass is 363 g/mol. The van der Waals surface area contributed by atoms with Crippen LogP contribution in [-0.2, 0) is 16.0 Å². The number of benzene rings is 1. The first-order chi connectivity index (χ1) is 12.1. The molecule has 1 atom stereocenters. The molecule has 1 aromatic carbocycles. The molecule has 1 amide bonds. The van der Waals surface area contributed by atoms with E-state index in [1.165, 1.54) is 12.1 Å². The number of aliphatic carboxylic acids is 1. The Morgan fingerprint density at radius 1 is 1.23 bits per heavy atom. The van der Waals surface area contributed by atoms with Crippen LogP contribution in [0.5, 0.6) is 11.5 Å². The van der Waals surface area contributed by atoms with Gasteiger partial charge in [-0.15, -0.1) is 0 Å². The standard InChI is InChI=1S/C18H21NO7/c1-8(2)6-12(17(23)24)19-14(21)7-11-9(3)10-4-5-13(20)15(22)16(10)26-18(11)25/h4-5,8,12,20,22H,6-7H2,1-3H3,(H,19,21)(H,23,24). The molecular weight excluding hydrogens is 342 g/mol. The molecule has 26 heavy (non-hydrogen) atoms. The Labute approximate surface area is 149 Å². The topological polar surface area (TPSA) is 137 Å². The fraction of sp³-hybridized carbons (Fsp3) is 0.389. The van der Waals surface area contributed by atoms with E-state index in [9.17, 15) is 29.7 Å². The Morgan fingerprint density at radius 3 is 2.46 bits per heavy atom. The number of phenols is 2. The summed E-state index contributed by atoms with van der Waals surface area (Å²) < 4.78 is 5.04. The number of aryl methyl sites for hydroxylation is 1. The van der Waals surface area contributed by atoms with E-state index < -0.39 is 35.0 Å². The summed E-state index contributed by atoms with van der Waals surface area (Å²) >= 11 is 0. The smallest absolute Gasteiger partial charge is 0.340 e. The summed E-state index contributed by atoms with van der Waals surface area (Å²) in [5.41, 5.74) is -0.520. The molecule has 0 spiro atoms. The van der Waals surface area contributed by atoms with Gasteiger partial charge in [-0.3, -0.25) is 4.79 Å². The number of carbonyl (C=O) groups is 2. The van der Waals surface area contributed by atoms with Gasteiger partial charge < -0.3 is 25.1 Å². The molecule has 1 aromatic heterocycles. The van der Waals surface area contributed by atoms with Gasteiger partial charge in [0.1, 0.15) is 6.04 Å². The van der Waals surface area contributed by atoms with E-state index in [2.05, 4.69) is 5.32 Å². The number of phenolic OH excluding ortho intramolecular Hbond substituents is 2. The van der Waals surface area contributed by atoms with Crippen LogP contribution in [0.25, 0.3) is 11.0 Å². The molecule has 8 heteroatoms. The molecule has 0 aliphatic carbocycles. The van der Waals surface area contributed by atoms with Crippen LogP contribution in [0.2, 0.25) is 0 Å². The Kier molecular flexibility index (Phi) is 5.54. The quantitative estimate of drug-likeness (QED) is 0.452. The highest BCUT2D eigenvalue weighted by molar-refractivity contribution is 5.90. The van der Waals surface area contributed by atoms with E-state index in [0.29, 0.717) is 10.9 Å². The molecule has 0 aliphatic rings. The zero-order valence-electron chi connectivity index (χ0n) is 14.7.